The fraction of sp³-hybridized carbons (Fsp3) is 0.118. The number of methoxy groups -OCH3 is 1. The third-order valence-electron chi connectivity index (χ3n) is 3.47. The van der Waals surface area contributed by atoms with E-state index in [0.717, 1.165) is 16.6 Å². The van der Waals surface area contributed by atoms with Gasteiger partial charge in [-0.25, -0.2) is 4.79 Å². The Morgan fingerprint density at radius 2 is 2.00 bits per heavy atom. The van der Waals surface area contributed by atoms with E-state index in [1.54, 1.807) is 13.2 Å². The van der Waals surface area contributed by atoms with E-state index in [4.69, 9.17) is 14.9 Å². The van der Waals surface area contributed by atoms with Crippen LogP contribution in [0.25, 0.3) is 11.0 Å². The summed E-state index contributed by atoms with van der Waals surface area (Å²) >= 11 is 0. The molecule has 3 aromatic rings. The van der Waals surface area contributed by atoms with Crippen LogP contribution in [0.15, 0.2) is 57.7 Å². The topological polar surface area (TPSA) is 77.5 Å². The molecule has 22 heavy (non-hydrogen) atoms. The van der Waals surface area contributed by atoms with Crippen LogP contribution in [0.5, 0.6) is 5.75 Å². The molecule has 0 amide bonds. The van der Waals surface area contributed by atoms with Gasteiger partial charge in [-0.3, -0.25) is 0 Å². The summed E-state index contributed by atoms with van der Waals surface area (Å²) in [5, 5.41) is 4.10. The number of para-hydroxylation sites is 2. The lowest BCUT2D eigenvalue weighted by atomic mass is 10.1. The van der Waals surface area contributed by atoms with Crippen LogP contribution in [0.1, 0.15) is 5.56 Å². The maximum absolute atomic E-state index is 11.7. The maximum atomic E-state index is 11.7. The second-order valence-corrected chi connectivity index (χ2v) is 4.89. The summed E-state index contributed by atoms with van der Waals surface area (Å²) in [7, 11) is 1.57. The lowest BCUT2D eigenvalue weighted by Crippen LogP contribution is -2.07. The van der Waals surface area contributed by atoms with Gasteiger partial charge in [0.25, 0.3) is 0 Å². The molecule has 1 heterocycles. The number of ether oxygens (including phenoxy) is 1. The van der Waals surface area contributed by atoms with E-state index < -0.39 is 5.63 Å². The molecule has 0 aliphatic heterocycles. The smallest absolute Gasteiger partial charge is 0.336 e. The summed E-state index contributed by atoms with van der Waals surface area (Å²) in [6.07, 6.45) is 0. The van der Waals surface area contributed by atoms with Crippen molar-refractivity contribution in [1.29, 1.82) is 0 Å². The molecule has 0 atom stereocenters. The van der Waals surface area contributed by atoms with Crippen molar-refractivity contribution in [3.8, 4) is 5.75 Å². The molecule has 0 spiro atoms. The van der Waals surface area contributed by atoms with Crippen LogP contribution < -0.4 is 21.4 Å². The minimum Gasteiger partial charge on any atom is -0.497 e. The standard InChI is InChI=1S/C17H16N2O3/c1-21-12-6-7-13-11(8-17(20)22-16(13)9-12)10-19-15-5-3-2-4-14(15)18/h2-9,19H,10,18H2,1H3. The number of hydrogen-bond donors (Lipinski definition) is 2. The zero-order chi connectivity index (χ0) is 15.5. The lowest BCUT2D eigenvalue weighted by Gasteiger charge is -2.11. The van der Waals surface area contributed by atoms with Crippen molar-refractivity contribution in [3.05, 3.63) is 64.5 Å². The molecule has 3 rings (SSSR count). The predicted octanol–water partition coefficient (Wildman–Crippen LogP) is 3.00. The quantitative estimate of drug-likeness (QED) is 0.571. The van der Waals surface area contributed by atoms with Gasteiger partial charge < -0.3 is 20.2 Å². The van der Waals surface area contributed by atoms with Gasteiger partial charge in [0.15, 0.2) is 0 Å². The predicted molar refractivity (Wildman–Crippen MR) is 87.2 cm³/mol. The van der Waals surface area contributed by atoms with Crippen molar-refractivity contribution < 1.29 is 9.15 Å². The van der Waals surface area contributed by atoms with Crippen LogP contribution in [-0.2, 0) is 6.54 Å². The Morgan fingerprint density at radius 1 is 1.18 bits per heavy atom. The van der Waals surface area contributed by atoms with E-state index >= 15 is 0 Å². The third-order valence-corrected chi connectivity index (χ3v) is 3.47. The van der Waals surface area contributed by atoms with Gasteiger partial charge in [0.05, 0.1) is 18.5 Å². The molecule has 0 bridgehead atoms. The molecule has 0 aliphatic rings. The summed E-state index contributed by atoms with van der Waals surface area (Å²) in [6.45, 7) is 0.475. The molecule has 0 saturated carbocycles. The first kappa shape index (κ1) is 14.0. The zero-order valence-electron chi connectivity index (χ0n) is 12.1. The van der Waals surface area contributed by atoms with Crippen LogP contribution >= 0.6 is 0 Å². The molecular formula is C17H16N2O3. The van der Waals surface area contributed by atoms with Gasteiger partial charge in [-0.1, -0.05) is 12.1 Å². The molecule has 0 aliphatic carbocycles. The molecular weight excluding hydrogens is 280 g/mol. The van der Waals surface area contributed by atoms with Crippen LogP contribution in [0.4, 0.5) is 11.4 Å². The molecule has 0 saturated heterocycles. The van der Waals surface area contributed by atoms with Crippen LogP contribution in [0, 0.1) is 0 Å². The molecule has 5 nitrogen and oxygen atoms in total. The molecule has 0 unspecified atom stereocenters. The molecule has 5 heteroatoms. The number of anilines is 2. The van der Waals surface area contributed by atoms with E-state index in [2.05, 4.69) is 5.32 Å². The SMILES string of the molecule is COc1ccc2c(CNc3ccccc3N)cc(=O)oc2c1. The van der Waals surface area contributed by atoms with E-state index in [-0.39, 0.29) is 0 Å². The molecule has 2 aromatic carbocycles. The minimum absolute atomic E-state index is 0.390. The molecule has 3 N–H and O–H groups in total. The first-order valence-electron chi connectivity index (χ1n) is 6.86. The maximum Gasteiger partial charge on any atom is 0.336 e. The Hall–Kier alpha value is -2.95. The van der Waals surface area contributed by atoms with Crippen molar-refractivity contribution in [2.45, 2.75) is 6.54 Å². The highest BCUT2D eigenvalue weighted by molar-refractivity contribution is 5.82. The van der Waals surface area contributed by atoms with Gasteiger partial charge in [0.1, 0.15) is 11.3 Å². The molecule has 0 fully saturated rings. The molecule has 112 valence electrons. The summed E-state index contributed by atoms with van der Waals surface area (Å²) < 4.78 is 10.4. The number of benzene rings is 2. The fourth-order valence-corrected chi connectivity index (χ4v) is 2.33. The largest absolute Gasteiger partial charge is 0.497 e. The second-order valence-electron chi connectivity index (χ2n) is 4.89. The van der Waals surface area contributed by atoms with Crippen molar-refractivity contribution >= 4 is 22.3 Å². The summed E-state index contributed by atoms with van der Waals surface area (Å²) in [5.74, 6) is 0.646. The number of hydrogen-bond acceptors (Lipinski definition) is 5. The zero-order valence-corrected chi connectivity index (χ0v) is 12.1. The summed E-state index contributed by atoms with van der Waals surface area (Å²) in [6, 6.07) is 14.4. The first-order valence-corrected chi connectivity index (χ1v) is 6.86. The summed E-state index contributed by atoms with van der Waals surface area (Å²) in [5.41, 5.74) is 8.36. The van der Waals surface area contributed by atoms with E-state index in [1.807, 2.05) is 36.4 Å². The highest BCUT2D eigenvalue weighted by atomic mass is 16.5. The molecule has 1 aromatic heterocycles. The Labute approximate surface area is 127 Å². The highest BCUT2D eigenvalue weighted by Crippen LogP contribution is 2.24. The Balaban J connectivity index is 1.96. The minimum atomic E-state index is -0.390. The lowest BCUT2D eigenvalue weighted by molar-refractivity contribution is 0.414. The number of fused-ring (bicyclic) bond motifs is 1. The average molecular weight is 296 g/mol. The van der Waals surface area contributed by atoms with Crippen LogP contribution in [-0.4, -0.2) is 7.11 Å². The van der Waals surface area contributed by atoms with Crippen molar-refractivity contribution in [3.63, 3.8) is 0 Å². The van der Waals surface area contributed by atoms with Crippen molar-refractivity contribution in [2.24, 2.45) is 0 Å². The van der Waals surface area contributed by atoms with E-state index in [1.165, 1.54) is 6.07 Å². The monoisotopic (exact) mass is 296 g/mol. The fourth-order valence-electron chi connectivity index (χ4n) is 2.33. The van der Waals surface area contributed by atoms with Crippen LogP contribution in [0.2, 0.25) is 0 Å². The van der Waals surface area contributed by atoms with Crippen LogP contribution in [0.3, 0.4) is 0 Å². The number of rotatable bonds is 4. The van der Waals surface area contributed by atoms with E-state index in [0.29, 0.717) is 23.6 Å². The van der Waals surface area contributed by atoms with Gasteiger partial charge in [-0.05, 0) is 29.8 Å². The number of nitrogen functional groups attached to an aromatic ring is 1. The second kappa shape index (κ2) is 5.81. The Bertz CT molecular complexity index is 871. The molecule has 0 radical (unpaired) electrons. The summed E-state index contributed by atoms with van der Waals surface area (Å²) in [4.78, 5) is 11.7. The number of nitrogens with one attached hydrogen (secondary N) is 1. The normalized spacial score (nSPS) is 10.6. The Morgan fingerprint density at radius 3 is 2.77 bits per heavy atom. The third kappa shape index (κ3) is 2.74. The van der Waals surface area contributed by atoms with E-state index in [9.17, 15) is 4.79 Å². The number of nitrogens with two attached hydrogens (primary N) is 1. The van der Waals surface area contributed by atoms with Gasteiger partial charge in [0, 0.05) is 24.1 Å². The average Bonchev–Trinajstić information content (AvgIpc) is 2.53. The van der Waals surface area contributed by atoms with Gasteiger partial charge in [-0.15, -0.1) is 0 Å². The highest BCUT2D eigenvalue weighted by Gasteiger charge is 2.07. The first-order chi connectivity index (χ1) is 10.7. The van der Waals surface area contributed by atoms with Gasteiger partial charge >= 0.3 is 5.63 Å². The van der Waals surface area contributed by atoms with Crippen molar-refractivity contribution in [1.82, 2.24) is 0 Å². The van der Waals surface area contributed by atoms with Crippen molar-refractivity contribution in [2.75, 3.05) is 18.2 Å². The Kier molecular flexibility index (Phi) is 3.70. The van der Waals surface area contributed by atoms with Gasteiger partial charge in [0.2, 0.25) is 0 Å². The van der Waals surface area contributed by atoms with Gasteiger partial charge in [-0.2, -0.15) is 0 Å².